The number of carbonyl (C=O) groups excluding carboxylic acids is 1. The summed E-state index contributed by atoms with van der Waals surface area (Å²) < 4.78 is 0. The lowest BCUT2D eigenvalue weighted by Gasteiger charge is -2.20. The van der Waals surface area contributed by atoms with Crippen LogP contribution in [0.15, 0.2) is 48.5 Å². The average molecular weight is 272 g/mol. The Labute approximate surface area is 117 Å². The molecule has 2 nitrogen and oxygen atoms in total. The Morgan fingerprint density at radius 2 is 2.00 bits per heavy atom. The van der Waals surface area contributed by atoms with Crippen molar-refractivity contribution in [3.05, 3.63) is 70.2 Å². The van der Waals surface area contributed by atoms with E-state index in [9.17, 15) is 4.79 Å². The van der Waals surface area contributed by atoms with E-state index in [4.69, 9.17) is 11.6 Å². The molecule has 0 spiro atoms. The fraction of sp³-hybridized carbons (Fsp3) is 0.188. The second-order valence-electron chi connectivity index (χ2n) is 4.81. The number of hydrogen-bond donors (Lipinski definition) is 0. The summed E-state index contributed by atoms with van der Waals surface area (Å²) >= 11 is 6.02. The first kappa shape index (κ1) is 12.4. The van der Waals surface area contributed by atoms with Crippen molar-refractivity contribution in [2.45, 2.75) is 19.1 Å². The van der Waals surface area contributed by atoms with Gasteiger partial charge in [0.15, 0.2) is 0 Å². The maximum atomic E-state index is 11.4. The molecule has 2 aromatic carbocycles. The summed E-state index contributed by atoms with van der Waals surface area (Å²) in [4.78, 5) is 13.6. The maximum absolute atomic E-state index is 11.4. The van der Waals surface area contributed by atoms with Gasteiger partial charge < -0.3 is 4.79 Å². The zero-order valence-electron chi connectivity index (χ0n) is 10.4. The average Bonchev–Trinajstić information content (AvgIpc) is 2.76. The first-order valence-corrected chi connectivity index (χ1v) is 6.67. The second-order valence-corrected chi connectivity index (χ2v) is 5.25. The van der Waals surface area contributed by atoms with Crippen LogP contribution in [0.2, 0.25) is 5.02 Å². The van der Waals surface area contributed by atoms with Crippen LogP contribution in [0.1, 0.15) is 22.7 Å². The molecule has 1 unspecified atom stereocenters. The monoisotopic (exact) mass is 271 g/mol. The van der Waals surface area contributed by atoms with Crippen molar-refractivity contribution in [1.29, 1.82) is 0 Å². The highest BCUT2D eigenvalue weighted by Crippen LogP contribution is 2.34. The maximum Gasteiger partial charge on any atom is 0.141 e. The van der Waals surface area contributed by atoms with Crippen molar-refractivity contribution < 1.29 is 4.79 Å². The normalized spacial score (nSPS) is 18.3. The Balaban J connectivity index is 1.88. The van der Waals surface area contributed by atoms with Crippen molar-refractivity contribution in [1.82, 2.24) is 4.90 Å². The van der Waals surface area contributed by atoms with E-state index in [2.05, 4.69) is 17.0 Å². The van der Waals surface area contributed by atoms with Gasteiger partial charge in [-0.2, -0.15) is 0 Å². The molecular weight excluding hydrogens is 258 g/mol. The Bertz CT molecular complexity index is 597. The van der Waals surface area contributed by atoms with Gasteiger partial charge in [0.05, 0.1) is 6.04 Å². The van der Waals surface area contributed by atoms with Crippen LogP contribution in [0, 0.1) is 0 Å². The number of halogens is 1. The quantitative estimate of drug-likeness (QED) is 0.795. The zero-order chi connectivity index (χ0) is 13.2. The van der Waals surface area contributed by atoms with Crippen LogP contribution >= 0.6 is 11.6 Å². The molecule has 0 saturated heterocycles. The van der Waals surface area contributed by atoms with E-state index in [-0.39, 0.29) is 6.04 Å². The standard InChI is InChI=1S/C16H14ClNO/c17-14-7-6-13-10-18(16(11-19)15(13)8-14)9-12-4-2-1-3-5-12/h1-8,11,16H,9-10H2. The van der Waals surface area contributed by atoms with Crippen LogP contribution in [-0.4, -0.2) is 11.2 Å². The van der Waals surface area contributed by atoms with E-state index in [1.165, 1.54) is 11.1 Å². The molecule has 0 aliphatic carbocycles. The number of carbonyl (C=O) groups is 1. The highest BCUT2D eigenvalue weighted by atomic mass is 35.5. The lowest BCUT2D eigenvalue weighted by atomic mass is 10.1. The van der Waals surface area contributed by atoms with Crippen LogP contribution in [0.5, 0.6) is 0 Å². The van der Waals surface area contributed by atoms with E-state index in [1.807, 2.05) is 36.4 Å². The molecule has 0 radical (unpaired) electrons. The number of fused-ring (bicyclic) bond motifs is 1. The third-order valence-corrected chi connectivity index (χ3v) is 3.79. The Kier molecular flexibility index (Phi) is 3.36. The molecule has 0 fully saturated rings. The number of rotatable bonds is 3. The molecule has 3 rings (SSSR count). The van der Waals surface area contributed by atoms with E-state index in [0.29, 0.717) is 5.02 Å². The number of nitrogens with zero attached hydrogens (tertiary/aromatic N) is 1. The van der Waals surface area contributed by atoms with Crippen molar-refractivity contribution in [2.75, 3.05) is 0 Å². The van der Waals surface area contributed by atoms with Crippen molar-refractivity contribution in [2.24, 2.45) is 0 Å². The van der Waals surface area contributed by atoms with Gasteiger partial charge in [0.25, 0.3) is 0 Å². The van der Waals surface area contributed by atoms with Crippen LogP contribution in [0.3, 0.4) is 0 Å². The van der Waals surface area contributed by atoms with Gasteiger partial charge in [0.2, 0.25) is 0 Å². The Morgan fingerprint density at radius 3 is 2.74 bits per heavy atom. The minimum Gasteiger partial charge on any atom is -0.301 e. The van der Waals surface area contributed by atoms with Crippen molar-refractivity contribution in [3.63, 3.8) is 0 Å². The highest BCUT2D eigenvalue weighted by Gasteiger charge is 2.29. The molecule has 1 aliphatic rings. The molecular formula is C16H14ClNO. The SMILES string of the molecule is O=CC1c2cc(Cl)ccc2CN1Cc1ccccc1. The van der Waals surface area contributed by atoms with Crippen LogP contribution < -0.4 is 0 Å². The van der Waals surface area contributed by atoms with Gasteiger partial charge in [0.1, 0.15) is 6.29 Å². The molecule has 2 aromatic rings. The zero-order valence-corrected chi connectivity index (χ0v) is 11.2. The van der Waals surface area contributed by atoms with Gasteiger partial charge in [-0.05, 0) is 28.8 Å². The van der Waals surface area contributed by atoms with E-state index in [0.717, 1.165) is 24.9 Å². The van der Waals surface area contributed by atoms with E-state index in [1.54, 1.807) is 0 Å². The summed E-state index contributed by atoms with van der Waals surface area (Å²) in [5.74, 6) is 0. The lowest BCUT2D eigenvalue weighted by Crippen LogP contribution is -2.22. The van der Waals surface area contributed by atoms with Gasteiger partial charge in [-0.25, -0.2) is 0 Å². The van der Waals surface area contributed by atoms with Gasteiger partial charge >= 0.3 is 0 Å². The molecule has 1 atom stereocenters. The molecule has 3 heteroatoms. The third kappa shape index (κ3) is 2.42. The Hall–Kier alpha value is -1.64. The minimum atomic E-state index is -0.186. The minimum absolute atomic E-state index is 0.186. The first-order valence-electron chi connectivity index (χ1n) is 6.29. The van der Waals surface area contributed by atoms with Gasteiger partial charge in [-0.1, -0.05) is 48.0 Å². The van der Waals surface area contributed by atoms with Gasteiger partial charge in [-0.3, -0.25) is 4.90 Å². The van der Waals surface area contributed by atoms with Crippen molar-refractivity contribution in [3.8, 4) is 0 Å². The van der Waals surface area contributed by atoms with Crippen molar-refractivity contribution >= 4 is 17.9 Å². The van der Waals surface area contributed by atoms with Gasteiger partial charge in [0, 0.05) is 18.1 Å². The molecule has 0 N–H and O–H groups in total. The summed E-state index contributed by atoms with van der Waals surface area (Å²) in [6.45, 7) is 1.57. The first-order chi connectivity index (χ1) is 9.28. The molecule has 0 amide bonds. The van der Waals surface area contributed by atoms with Crippen LogP contribution in [0.25, 0.3) is 0 Å². The molecule has 1 heterocycles. The second kappa shape index (κ2) is 5.16. The third-order valence-electron chi connectivity index (χ3n) is 3.55. The van der Waals surface area contributed by atoms with Crippen LogP contribution in [0.4, 0.5) is 0 Å². The highest BCUT2D eigenvalue weighted by molar-refractivity contribution is 6.30. The summed E-state index contributed by atoms with van der Waals surface area (Å²) in [6.07, 6.45) is 1.01. The number of hydrogen-bond acceptors (Lipinski definition) is 2. The number of benzene rings is 2. The topological polar surface area (TPSA) is 20.3 Å². The summed E-state index contributed by atoms with van der Waals surface area (Å²) in [5.41, 5.74) is 3.45. The number of aldehydes is 1. The Morgan fingerprint density at radius 1 is 1.21 bits per heavy atom. The lowest BCUT2D eigenvalue weighted by molar-refractivity contribution is -0.112. The molecule has 0 saturated carbocycles. The predicted molar refractivity (Wildman–Crippen MR) is 75.9 cm³/mol. The fourth-order valence-corrected chi connectivity index (χ4v) is 2.81. The summed E-state index contributed by atoms with van der Waals surface area (Å²) in [7, 11) is 0. The largest absolute Gasteiger partial charge is 0.301 e. The fourth-order valence-electron chi connectivity index (χ4n) is 2.63. The smallest absolute Gasteiger partial charge is 0.141 e. The summed E-state index contributed by atoms with van der Waals surface area (Å²) in [6, 6.07) is 15.8. The van der Waals surface area contributed by atoms with Gasteiger partial charge in [-0.15, -0.1) is 0 Å². The molecule has 1 aliphatic heterocycles. The molecule has 19 heavy (non-hydrogen) atoms. The van der Waals surface area contributed by atoms with E-state index >= 15 is 0 Å². The summed E-state index contributed by atoms with van der Waals surface area (Å²) in [5, 5.41) is 0.687. The van der Waals surface area contributed by atoms with Crippen LogP contribution in [-0.2, 0) is 17.9 Å². The molecule has 96 valence electrons. The van der Waals surface area contributed by atoms with E-state index < -0.39 is 0 Å². The predicted octanol–water partition coefficient (Wildman–Crippen LogP) is 3.60. The molecule has 0 bridgehead atoms. The molecule has 0 aromatic heterocycles.